The van der Waals surface area contributed by atoms with Gasteiger partial charge in [0.15, 0.2) is 24.7 Å². The molecule has 1 N–H and O–H groups in total. The smallest absolute Gasteiger partial charge is 0.277 e. The van der Waals surface area contributed by atoms with Crippen molar-refractivity contribution >= 4 is 12.1 Å². The van der Waals surface area contributed by atoms with Crippen LogP contribution in [0.2, 0.25) is 0 Å². The lowest BCUT2D eigenvalue weighted by Gasteiger charge is -2.19. The molecular weight excluding hydrogens is 370 g/mol. The summed E-state index contributed by atoms with van der Waals surface area (Å²) in [4.78, 5) is 11.9. The van der Waals surface area contributed by atoms with E-state index in [0.717, 1.165) is 0 Å². The van der Waals surface area contributed by atoms with Gasteiger partial charge in [0.25, 0.3) is 5.91 Å². The molecule has 0 atom stereocenters. The Kier molecular flexibility index (Phi) is 7.61. The molecule has 7 heteroatoms. The van der Waals surface area contributed by atoms with Crippen LogP contribution in [0, 0.1) is 11.3 Å². The summed E-state index contributed by atoms with van der Waals surface area (Å²) in [5, 5.41) is 12.5. The fourth-order valence-corrected chi connectivity index (χ4v) is 2.40. The minimum atomic E-state index is -0.373. The van der Waals surface area contributed by atoms with Crippen LogP contribution in [-0.4, -0.2) is 32.4 Å². The molecule has 0 radical (unpaired) electrons. The van der Waals surface area contributed by atoms with Crippen LogP contribution in [0.5, 0.6) is 17.2 Å². The first-order valence-corrected chi connectivity index (χ1v) is 9.06. The number of hydrazone groups is 1. The molecule has 0 spiro atoms. The van der Waals surface area contributed by atoms with Gasteiger partial charge in [-0.3, -0.25) is 4.79 Å². The maximum atomic E-state index is 11.9. The van der Waals surface area contributed by atoms with Crippen molar-refractivity contribution in [2.75, 3.05) is 20.3 Å². The lowest BCUT2D eigenvalue weighted by Crippen LogP contribution is -2.24. The van der Waals surface area contributed by atoms with Gasteiger partial charge in [0, 0.05) is 0 Å². The van der Waals surface area contributed by atoms with Crippen LogP contribution in [0.4, 0.5) is 0 Å². The zero-order valence-corrected chi connectivity index (χ0v) is 17.1. The lowest BCUT2D eigenvalue weighted by atomic mass is 9.87. The number of ether oxygens (including phenoxy) is 3. The van der Waals surface area contributed by atoms with Gasteiger partial charge in [-0.25, -0.2) is 5.43 Å². The van der Waals surface area contributed by atoms with Crippen LogP contribution in [0.1, 0.15) is 31.9 Å². The molecule has 2 aromatic carbocycles. The maximum absolute atomic E-state index is 11.9. The molecule has 0 aliphatic carbocycles. The highest BCUT2D eigenvalue weighted by Crippen LogP contribution is 2.27. The molecule has 0 saturated heterocycles. The van der Waals surface area contributed by atoms with Gasteiger partial charge in [-0.1, -0.05) is 32.9 Å². The molecule has 1 amide bonds. The van der Waals surface area contributed by atoms with Crippen LogP contribution in [0.15, 0.2) is 47.6 Å². The molecule has 0 saturated carbocycles. The number of carbonyl (C=O) groups is 1. The van der Waals surface area contributed by atoms with Crippen LogP contribution in [0.25, 0.3) is 0 Å². The van der Waals surface area contributed by atoms with Crippen molar-refractivity contribution in [3.05, 3.63) is 53.6 Å². The van der Waals surface area contributed by atoms with Gasteiger partial charge in [0.2, 0.25) is 0 Å². The Hall–Kier alpha value is -3.53. The average Bonchev–Trinajstić information content (AvgIpc) is 2.70. The van der Waals surface area contributed by atoms with Crippen molar-refractivity contribution in [1.29, 1.82) is 5.26 Å². The van der Waals surface area contributed by atoms with Crippen LogP contribution in [0.3, 0.4) is 0 Å². The highest BCUT2D eigenvalue weighted by Gasteiger charge is 2.13. The standard InChI is InChI=1S/C22H25N3O4/c1-22(2,3)17-6-8-18(9-7-17)29-15-21(26)25-24-14-16-5-10-19(28-12-11-23)20(13-16)27-4/h5-10,13-14H,12,15H2,1-4H3,(H,25,26)/b24-14+. The van der Waals surface area contributed by atoms with E-state index in [-0.39, 0.29) is 24.5 Å². The highest BCUT2D eigenvalue weighted by molar-refractivity contribution is 5.83. The molecule has 0 aliphatic heterocycles. The molecule has 2 rings (SSSR count). The van der Waals surface area contributed by atoms with Gasteiger partial charge < -0.3 is 14.2 Å². The number of nitrogens with zero attached hydrogens (tertiary/aromatic N) is 2. The fraction of sp³-hybridized carbons (Fsp3) is 0.318. The molecule has 29 heavy (non-hydrogen) atoms. The van der Waals surface area contributed by atoms with E-state index in [1.807, 2.05) is 30.3 Å². The predicted molar refractivity (Wildman–Crippen MR) is 110 cm³/mol. The van der Waals surface area contributed by atoms with Gasteiger partial charge in [-0.2, -0.15) is 10.4 Å². The average molecular weight is 395 g/mol. The normalized spacial score (nSPS) is 11.0. The van der Waals surface area contributed by atoms with E-state index < -0.39 is 0 Å². The van der Waals surface area contributed by atoms with Crippen molar-refractivity contribution < 1.29 is 19.0 Å². The van der Waals surface area contributed by atoms with E-state index in [4.69, 9.17) is 19.5 Å². The summed E-state index contributed by atoms with van der Waals surface area (Å²) in [6, 6.07) is 14.7. The van der Waals surface area contributed by atoms with Crippen molar-refractivity contribution in [2.24, 2.45) is 5.10 Å². The number of benzene rings is 2. The summed E-state index contributed by atoms with van der Waals surface area (Å²) >= 11 is 0. The molecule has 0 unspecified atom stereocenters. The van der Waals surface area contributed by atoms with Crippen molar-refractivity contribution in [2.45, 2.75) is 26.2 Å². The molecule has 0 fully saturated rings. The summed E-state index contributed by atoms with van der Waals surface area (Å²) in [7, 11) is 1.50. The summed E-state index contributed by atoms with van der Waals surface area (Å²) in [5.41, 5.74) is 4.37. The van der Waals surface area contributed by atoms with Gasteiger partial charge >= 0.3 is 0 Å². The van der Waals surface area contributed by atoms with Gasteiger partial charge in [-0.15, -0.1) is 0 Å². The van der Waals surface area contributed by atoms with Crippen LogP contribution in [-0.2, 0) is 10.2 Å². The van der Waals surface area contributed by atoms with E-state index in [9.17, 15) is 4.79 Å². The summed E-state index contributed by atoms with van der Waals surface area (Å²) in [6.07, 6.45) is 1.48. The van der Waals surface area contributed by atoms with E-state index in [2.05, 4.69) is 31.3 Å². The van der Waals surface area contributed by atoms with E-state index in [1.165, 1.54) is 18.9 Å². The second-order valence-corrected chi connectivity index (χ2v) is 7.21. The van der Waals surface area contributed by atoms with Crippen LogP contribution < -0.4 is 19.6 Å². The van der Waals surface area contributed by atoms with Crippen molar-refractivity contribution in [3.63, 3.8) is 0 Å². The Balaban J connectivity index is 1.85. The number of carbonyl (C=O) groups excluding carboxylic acids is 1. The third-order valence-corrected chi connectivity index (χ3v) is 3.97. The quantitative estimate of drug-likeness (QED) is 0.546. The molecule has 152 valence electrons. The van der Waals surface area contributed by atoms with E-state index >= 15 is 0 Å². The molecule has 0 heterocycles. The number of rotatable bonds is 8. The number of hydrogen-bond donors (Lipinski definition) is 1. The van der Waals surface area contributed by atoms with E-state index in [0.29, 0.717) is 22.8 Å². The summed E-state index contributed by atoms with van der Waals surface area (Å²) < 4.78 is 16.0. The van der Waals surface area contributed by atoms with Crippen molar-refractivity contribution in [3.8, 4) is 23.3 Å². The maximum Gasteiger partial charge on any atom is 0.277 e. The topological polar surface area (TPSA) is 92.9 Å². The zero-order chi connectivity index (χ0) is 21.3. The third-order valence-electron chi connectivity index (χ3n) is 3.97. The minimum Gasteiger partial charge on any atom is -0.493 e. The first-order valence-electron chi connectivity index (χ1n) is 9.06. The SMILES string of the molecule is COc1cc(/C=N/NC(=O)COc2ccc(C(C)(C)C)cc2)ccc1OCC#N. The second-order valence-electron chi connectivity index (χ2n) is 7.21. The molecule has 0 bridgehead atoms. The Labute approximate surface area is 170 Å². The molecule has 0 aliphatic rings. The number of hydrogen-bond acceptors (Lipinski definition) is 6. The first kappa shape index (κ1) is 21.8. The van der Waals surface area contributed by atoms with Crippen LogP contribution >= 0.6 is 0 Å². The second kappa shape index (κ2) is 10.1. The lowest BCUT2D eigenvalue weighted by molar-refractivity contribution is -0.123. The third kappa shape index (κ3) is 6.85. The number of amides is 1. The zero-order valence-electron chi connectivity index (χ0n) is 17.1. The molecule has 2 aromatic rings. The van der Waals surface area contributed by atoms with Gasteiger partial charge in [-0.05, 0) is 46.9 Å². The molecule has 0 aromatic heterocycles. The predicted octanol–water partition coefficient (Wildman–Crippen LogP) is 3.42. The number of nitrogens with one attached hydrogen (secondary N) is 1. The number of nitriles is 1. The highest BCUT2D eigenvalue weighted by atomic mass is 16.5. The van der Waals surface area contributed by atoms with E-state index in [1.54, 1.807) is 18.2 Å². The van der Waals surface area contributed by atoms with Gasteiger partial charge in [0.05, 0.1) is 13.3 Å². The van der Waals surface area contributed by atoms with Gasteiger partial charge in [0.1, 0.15) is 11.8 Å². The molecular formula is C22H25N3O4. The molecule has 7 nitrogen and oxygen atoms in total. The fourth-order valence-electron chi connectivity index (χ4n) is 2.40. The monoisotopic (exact) mass is 395 g/mol. The summed E-state index contributed by atoms with van der Waals surface area (Å²) in [5.74, 6) is 1.18. The minimum absolute atomic E-state index is 0.0628. The number of methoxy groups -OCH3 is 1. The van der Waals surface area contributed by atoms with Crippen molar-refractivity contribution in [1.82, 2.24) is 5.43 Å². The Morgan fingerprint density at radius 1 is 1.14 bits per heavy atom. The summed E-state index contributed by atoms with van der Waals surface area (Å²) in [6.45, 7) is 6.19. The first-order chi connectivity index (χ1) is 13.8. The Bertz CT molecular complexity index is 894. The Morgan fingerprint density at radius 3 is 2.48 bits per heavy atom. The Morgan fingerprint density at radius 2 is 1.86 bits per heavy atom. The largest absolute Gasteiger partial charge is 0.493 e.